The summed E-state index contributed by atoms with van der Waals surface area (Å²) in [6.07, 6.45) is -0.0484. The van der Waals surface area contributed by atoms with E-state index in [-0.39, 0.29) is 22.9 Å². The van der Waals surface area contributed by atoms with Crippen LogP contribution in [0, 0.1) is 12.7 Å². The summed E-state index contributed by atoms with van der Waals surface area (Å²) in [6.45, 7) is 4.07. The number of carbonyl (C=O) groups is 1. The molecule has 2 aromatic carbocycles. The van der Waals surface area contributed by atoms with Gasteiger partial charge in [0.15, 0.2) is 0 Å². The van der Waals surface area contributed by atoms with Gasteiger partial charge in [-0.15, -0.1) is 0 Å². The number of ether oxygens (including phenoxy) is 1. The first-order chi connectivity index (χ1) is 15.0. The summed E-state index contributed by atoms with van der Waals surface area (Å²) in [5.41, 5.74) is 0.241. The second kappa shape index (κ2) is 9.31. The Morgan fingerprint density at radius 3 is 2.52 bits per heavy atom. The molecule has 8 heteroatoms. The molecule has 1 fully saturated rings. The highest BCUT2D eigenvalue weighted by Gasteiger charge is 2.24. The van der Waals surface area contributed by atoms with Crippen LogP contribution in [-0.2, 0) is 11.2 Å². The normalized spacial score (nSPS) is 13.9. The predicted octanol–water partition coefficient (Wildman–Crippen LogP) is 4.26. The van der Waals surface area contributed by atoms with Crippen LogP contribution in [0.3, 0.4) is 0 Å². The van der Waals surface area contributed by atoms with Crippen molar-refractivity contribution in [3.8, 4) is 11.6 Å². The van der Waals surface area contributed by atoms with Gasteiger partial charge in [0.1, 0.15) is 23.2 Å². The highest BCUT2D eigenvalue weighted by atomic mass is 35.5. The summed E-state index contributed by atoms with van der Waals surface area (Å²) in [6, 6.07) is 15.7. The van der Waals surface area contributed by atoms with Crippen molar-refractivity contribution < 1.29 is 13.9 Å². The van der Waals surface area contributed by atoms with Crippen molar-refractivity contribution in [3.05, 3.63) is 76.8 Å². The Balaban J connectivity index is 1.40. The predicted molar refractivity (Wildman–Crippen MR) is 117 cm³/mol. The van der Waals surface area contributed by atoms with E-state index in [9.17, 15) is 9.18 Å². The number of hydrogen-bond acceptors (Lipinski definition) is 5. The molecule has 1 amide bonds. The Bertz CT molecular complexity index is 1050. The number of anilines is 1. The smallest absolute Gasteiger partial charge is 0.227 e. The average molecular weight is 441 g/mol. The lowest BCUT2D eigenvalue weighted by Crippen LogP contribution is -2.49. The molecule has 1 aromatic heterocycles. The number of carbonyl (C=O) groups excluding carboxylic acids is 1. The van der Waals surface area contributed by atoms with Gasteiger partial charge < -0.3 is 14.5 Å². The first-order valence-electron chi connectivity index (χ1n) is 10.0. The number of aryl methyl sites for hydroxylation is 1. The molecule has 0 saturated carbocycles. The van der Waals surface area contributed by atoms with E-state index in [4.69, 9.17) is 16.3 Å². The maximum absolute atomic E-state index is 14.0. The SMILES string of the molecule is Cc1nc(Oc2ccccc2)cc(N2CCN(C(=O)Cc3c(F)cccc3Cl)CC2)n1. The number of benzene rings is 2. The number of amides is 1. The standard InChI is InChI=1S/C23H22ClFN4O2/c1-16-26-21(15-22(27-16)31-17-6-3-2-4-7-17)28-10-12-29(13-11-28)23(30)14-18-19(24)8-5-9-20(18)25/h2-9,15H,10-14H2,1H3. The van der Waals surface area contributed by atoms with E-state index in [1.54, 1.807) is 17.0 Å². The number of nitrogens with zero attached hydrogens (tertiary/aromatic N) is 4. The van der Waals surface area contributed by atoms with Crippen LogP contribution >= 0.6 is 11.6 Å². The summed E-state index contributed by atoms with van der Waals surface area (Å²) < 4.78 is 19.9. The van der Waals surface area contributed by atoms with Crippen molar-refractivity contribution in [1.29, 1.82) is 0 Å². The van der Waals surface area contributed by atoms with E-state index in [2.05, 4.69) is 14.9 Å². The second-order valence-corrected chi connectivity index (χ2v) is 7.68. The lowest BCUT2D eigenvalue weighted by atomic mass is 10.1. The number of para-hydroxylation sites is 1. The molecule has 0 spiro atoms. The van der Waals surface area contributed by atoms with Gasteiger partial charge in [-0.1, -0.05) is 35.9 Å². The average Bonchev–Trinajstić information content (AvgIpc) is 2.77. The first kappa shape index (κ1) is 21.1. The van der Waals surface area contributed by atoms with E-state index >= 15 is 0 Å². The quantitative estimate of drug-likeness (QED) is 0.593. The van der Waals surface area contributed by atoms with Gasteiger partial charge in [0, 0.05) is 42.8 Å². The highest BCUT2D eigenvalue weighted by Crippen LogP contribution is 2.24. The zero-order valence-corrected chi connectivity index (χ0v) is 17.8. The Kier molecular flexibility index (Phi) is 6.32. The molecule has 160 valence electrons. The topological polar surface area (TPSA) is 58.6 Å². The van der Waals surface area contributed by atoms with Gasteiger partial charge in [0.2, 0.25) is 11.8 Å². The molecule has 6 nitrogen and oxygen atoms in total. The van der Waals surface area contributed by atoms with Crippen molar-refractivity contribution in [2.75, 3.05) is 31.1 Å². The monoisotopic (exact) mass is 440 g/mol. The molecular weight excluding hydrogens is 419 g/mol. The van der Waals surface area contributed by atoms with Crippen LogP contribution in [0.15, 0.2) is 54.6 Å². The van der Waals surface area contributed by atoms with Crippen LogP contribution in [-0.4, -0.2) is 47.0 Å². The van der Waals surface area contributed by atoms with Crippen molar-refractivity contribution in [3.63, 3.8) is 0 Å². The van der Waals surface area contributed by atoms with Gasteiger partial charge in [-0.25, -0.2) is 9.37 Å². The largest absolute Gasteiger partial charge is 0.439 e. The molecule has 1 saturated heterocycles. The maximum Gasteiger partial charge on any atom is 0.227 e. The molecule has 1 aliphatic heterocycles. The molecular formula is C23H22ClFN4O2. The number of hydrogen-bond donors (Lipinski definition) is 0. The van der Waals surface area contributed by atoms with Gasteiger partial charge in [-0.3, -0.25) is 4.79 Å². The molecule has 0 bridgehead atoms. The Morgan fingerprint density at radius 2 is 1.81 bits per heavy atom. The fraction of sp³-hybridized carbons (Fsp3) is 0.261. The van der Waals surface area contributed by atoms with E-state index in [1.165, 1.54) is 12.1 Å². The Labute approximate surface area is 185 Å². The van der Waals surface area contributed by atoms with Crippen LogP contribution < -0.4 is 9.64 Å². The van der Waals surface area contributed by atoms with Crippen LogP contribution in [0.5, 0.6) is 11.6 Å². The van der Waals surface area contributed by atoms with Crippen molar-refractivity contribution in [2.45, 2.75) is 13.3 Å². The van der Waals surface area contributed by atoms with Gasteiger partial charge >= 0.3 is 0 Å². The van der Waals surface area contributed by atoms with Crippen LogP contribution in [0.25, 0.3) is 0 Å². The minimum Gasteiger partial charge on any atom is -0.439 e. The molecule has 0 N–H and O–H groups in total. The first-order valence-corrected chi connectivity index (χ1v) is 10.4. The van der Waals surface area contributed by atoms with Crippen molar-refractivity contribution in [1.82, 2.24) is 14.9 Å². The van der Waals surface area contributed by atoms with Gasteiger partial charge in [-0.05, 0) is 31.2 Å². The lowest BCUT2D eigenvalue weighted by Gasteiger charge is -2.35. The molecule has 1 aliphatic rings. The molecule has 3 aromatic rings. The highest BCUT2D eigenvalue weighted by molar-refractivity contribution is 6.31. The summed E-state index contributed by atoms with van der Waals surface area (Å²) in [7, 11) is 0. The van der Waals surface area contributed by atoms with E-state index in [1.807, 2.05) is 37.3 Å². The molecule has 31 heavy (non-hydrogen) atoms. The van der Waals surface area contributed by atoms with Crippen molar-refractivity contribution in [2.24, 2.45) is 0 Å². The molecule has 0 radical (unpaired) electrons. The fourth-order valence-electron chi connectivity index (χ4n) is 3.50. The van der Waals surface area contributed by atoms with Gasteiger partial charge in [-0.2, -0.15) is 4.98 Å². The molecule has 0 atom stereocenters. The van der Waals surface area contributed by atoms with Crippen molar-refractivity contribution >= 4 is 23.3 Å². The maximum atomic E-state index is 14.0. The summed E-state index contributed by atoms with van der Waals surface area (Å²) >= 11 is 6.06. The van der Waals surface area contributed by atoms with E-state index in [0.29, 0.717) is 43.6 Å². The zero-order chi connectivity index (χ0) is 21.8. The fourth-order valence-corrected chi connectivity index (χ4v) is 3.73. The third kappa shape index (κ3) is 5.11. The van der Waals surface area contributed by atoms with Gasteiger partial charge in [0.25, 0.3) is 0 Å². The summed E-state index contributed by atoms with van der Waals surface area (Å²) in [5.74, 6) is 1.94. The molecule has 0 aliphatic carbocycles. The number of rotatable bonds is 5. The summed E-state index contributed by atoms with van der Waals surface area (Å²) in [4.78, 5) is 25.4. The van der Waals surface area contributed by atoms with Gasteiger partial charge in [0.05, 0.1) is 6.42 Å². The van der Waals surface area contributed by atoms with Crippen LogP contribution in [0.1, 0.15) is 11.4 Å². The number of piperazine rings is 1. The minimum absolute atomic E-state index is 0.0484. The Morgan fingerprint density at radius 1 is 1.06 bits per heavy atom. The number of aromatic nitrogens is 2. The molecule has 0 unspecified atom stereocenters. The minimum atomic E-state index is -0.457. The lowest BCUT2D eigenvalue weighted by molar-refractivity contribution is -0.130. The molecule has 2 heterocycles. The third-order valence-electron chi connectivity index (χ3n) is 5.11. The third-order valence-corrected chi connectivity index (χ3v) is 5.47. The second-order valence-electron chi connectivity index (χ2n) is 7.27. The van der Waals surface area contributed by atoms with Crippen LogP contribution in [0.2, 0.25) is 5.02 Å². The van der Waals surface area contributed by atoms with Crippen LogP contribution in [0.4, 0.5) is 10.2 Å². The summed E-state index contributed by atoms with van der Waals surface area (Å²) in [5, 5.41) is 0.273. The van der Waals surface area contributed by atoms with E-state index in [0.717, 1.165) is 5.82 Å². The molecule has 4 rings (SSSR count). The zero-order valence-electron chi connectivity index (χ0n) is 17.1. The number of halogens is 2. The van der Waals surface area contributed by atoms with E-state index < -0.39 is 5.82 Å². The Hall–Kier alpha value is -3.19.